The van der Waals surface area contributed by atoms with E-state index >= 15 is 0 Å². The third-order valence-corrected chi connectivity index (χ3v) is 3.80. The van der Waals surface area contributed by atoms with Crippen LogP contribution in [0.15, 0.2) is 24.3 Å². The summed E-state index contributed by atoms with van der Waals surface area (Å²) in [6.45, 7) is 6.01. The van der Waals surface area contributed by atoms with Crippen molar-refractivity contribution in [3.05, 3.63) is 35.4 Å². The molecule has 0 heterocycles. The van der Waals surface area contributed by atoms with Gasteiger partial charge in [-0.25, -0.2) is 0 Å². The average Bonchev–Trinajstić information content (AvgIpc) is 2.51. The van der Waals surface area contributed by atoms with Crippen LogP contribution in [0.2, 0.25) is 0 Å². The Labute approximate surface area is 151 Å². The van der Waals surface area contributed by atoms with Crippen molar-refractivity contribution >= 4 is 24.2 Å². The Hall–Kier alpha value is -1.59. The molecule has 2 unspecified atom stereocenters. The van der Waals surface area contributed by atoms with Gasteiger partial charge in [-0.1, -0.05) is 49.6 Å². The molecule has 2 amide bonds. The Morgan fingerprint density at radius 3 is 2.29 bits per heavy atom. The minimum absolute atomic E-state index is 0. The maximum Gasteiger partial charge on any atom is 0.222 e. The first-order valence-corrected chi connectivity index (χ1v) is 8.29. The number of nitrogens with one attached hydrogen (secondary N) is 2. The third-order valence-electron chi connectivity index (χ3n) is 3.80. The number of carbonyl (C=O) groups is 2. The van der Waals surface area contributed by atoms with Crippen molar-refractivity contribution in [1.29, 1.82) is 0 Å². The molecule has 1 rings (SSSR count). The number of hydrogen-bond donors (Lipinski definition) is 3. The van der Waals surface area contributed by atoms with E-state index < -0.39 is 0 Å². The van der Waals surface area contributed by atoms with E-state index in [4.69, 9.17) is 5.73 Å². The van der Waals surface area contributed by atoms with E-state index in [1.165, 1.54) is 6.92 Å². The number of halogens is 1. The largest absolute Gasteiger partial charge is 0.352 e. The van der Waals surface area contributed by atoms with Crippen LogP contribution in [0.4, 0.5) is 0 Å². The van der Waals surface area contributed by atoms with Crippen molar-refractivity contribution in [3.8, 4) is 0 Å². The molecule has 0 radical (unpaired) electrons. The summed E-state index contributed by atoms with van der Waals surface area (Å²) in [7, 11) is 0. The lowest BCUT2D eigenvalue weighted by molar-refractivity contribution is -0.123. The molecular formula is C18H30ClN3O2. The normalized spacial score (nSPS) is 12.7. The topological polar surface area (TPSA) is 84.2 Å². The molecule has 24 heavy (non-hydrogen) atoms. The van der Waals surface area contributed by atoms with Gasteiger partial charge < -0.3 is 16.4 Å². The van der Waals surface area contributed by atoms with E-state index in [9.17, 15) is 9.59 Å². The summed E-state index contributed by atoms with van der Waals surface area (Å²) in [6.07, 6.45) is 3.21. The lowest BCUT2D eigenvalue weighted by Gasteiger charge is -2.21. The zero-order valence-electron chi connectivity index (χ0n) is 14.8. The summed E-state index contributed by atoms with van der Waals surface area (Å²) in [6, 6.07) is 7.52. The summed E-state index contributed by atoms with van der Waals surface area (Å²) in [5, 5.41) is 5.82. The van der Waals surface area contributed by atoms with Crippen LogP contribution >= 0.6 is 12.4 Å². The van der Waals surface area contributed by atoms with E-state index in [-0.39, 0.29) is 42.7 Å². The summed E-state index contributed by atoms with van der Waals surface area (Å²) >= 11 is 0. The molecule has 0 saturated carbocycles. The molecule has 0 aliphatic rings. The van der Waals surface area contributed by atoms with E-state index in [1.54, 1.807) is 0 Å². The number of nitrogens with two attached hydrogens (primary N) is 1. The molecule has 136 valence electrons. The lowest BCUT2D eigenvalue weighted by atomic mass is 10.0. The number of carbonyl (C=O) groups excluding carboxylic acids is 2. The molecule has 0 spiro atoms. The average molecular weight is 356 g/mol. The SMILES string of the molecule is CCCCC(CN)NC(=O)CC(NC(C)=O)c1ccc(C)cc1.Cl. The predicted molar refractivity (Wildman–Crippen MR) is 100 cm³/mol. The van der Waals surface area contributed by atoms with Crippen molar-refractivity contribution in [1.82, 2.24) is 10.6 Å². The number of rotatable bonds is 9. The molecule has 1 aromatic carbocycles. The minimum Gasteiger partial charge on any atom is -0.352 e. The lowest BCUT2D eigenvalue weighted by Crippen LogP contribution is -2.42. The number of hydrogen-bond acceptors (Lipinski definition) is 3. The summed E-state index contributed by atoms with van der Waals surface area (Å²) in [5.41, 5.74) is 7.79. The monoisotopic (exact) mass is 355 g/mol. The molecule has 5 nitrogen and oxygen atoms in total. The van der Waals surface area contributed by atoms with Crippen molar-refractivity contribution in [2.75, 3.05) is 6.54 Å². The highest BCUT2D eigenvalue weighted by molar-refractivity contribution is 5.85. The predicted octanol–water partition coefficient (Wildman–Crippen LogP) is 2.62. The molecule has 0 fully saturated rings. The fourth-order valence-electron chi connectivity index (χ4n) is 2.47. The Kier molecular flexibility index (Phi) is 11.1. The first kappa shape index (κ1) is 22.4. The minimum atomic E-state index is -0.322. The molecule has 0 bridgehead atoms. The van der Waals surface area contributed by atoms with E-state index in [2.05, 4.69) is 17.6 Å². The molecule has 0 aliphatic heterocycles. The number of aryl methyl sites for hydroxylation is 1. The van der Waals surface area contributed by atoms with Crippen LogP contribution in [0.25, 0.3) is 0 Å². The van der Waals surface area contributed by atoms with Gasteiger partial charge in [0.05, 0.1) is 12.5 Å². The second-order valence-electron chi connectivity index (χ2n) is 6.01. The number of unbranched alkanes of at least 4 members (excludes halogenated alkanes) is 1. The van der Waals surface area contributed by atoms with Gasteiger partial charge in [0.2, 0.25) is 11.8 Å². The maximum absolute atomic E-state index is 12.3. The van der Waals surface area contributed by atoms with Crippen LogP contribution in [0.5, 0.6) is 0 Å². The number of amides is 2. The van der Waals surface area contributed by atoms with Gasteiger partial charge in [0.25, 0.3) is 0 Å². The second kappa shape index (κ2) is 11.9. The smallest absolute Gasteiger partial charge is 0.222 e. The molecule has 0 saturated heterocycles. The molecule has 0 aromatic heterocycles. The van der Waals surface area contributed by atoms with Crippen LogP contribution in [0.3, 0.4) is 0 Å². The zero-order chi connectivity index (χ0) is 17.2. The Morgan fingerprint density at radius 1 is 1.17 bits per heavy atom. The van der Waals surface area contributed by atoms with Crippen LogP contribution in [0.1, 0.15) is 56.7 Å². The fraction of sp³-hybridized carbons (Fsp3) is 0.556. The van der Waals surface area contributed by atoms with Crippen LogP contribution < -0.4 is 16.4 Å². The summed E-state index contributed by atoms with van der Waals surface area (Å²) < 4.78 is 0. The quantitative estimate of drug-likeness (QED) is 0.636. The highest BCUT2D eigenvalue weighted by Crippen LogP contribution is 2.18. The maximum atomic E-state index is 12.3. The van der Waals surface area contributed by atoms with Gasteiger partial charge in [-0.3, -0.25) is 9.59 Å². The Bertz CT molecular complexity index is 505. The summed E-state index contributed by atoms with van der Waals surface area (Å²) in [5.74, 6) is -0.236. The zero-order valence-corrected chi connectivity index (χ0v) is 15.6. The fourth-order valence-corrected chi connectivity index (χ4v) is 2.47. The third kappa shape index (κ3) is 8.31. The molecule has 2 atom stereocenters. The van der Waals surface area contributed by atoms with Crippen LogP contribution in [-0.4, -0.2) is 24.4 Å². The first-order chi connectivity index (χ1) is 11.0. The van der Waals surface area contributed by atoms with Gasteiger partial charge in [-0.05, 0) is 18.9 Å². The molecular weight excluding hydrogens is 326 g/mol. The Balaban J connectivity index is 0.00000529. The van der Waals surface area contributed by atoms with Crippen LogP contribution in [0, 0.1) is 6.92 Å². The van der Waals surface area contributed by atoms with Gasteiger partial charge >= 0.3 is 0 Å². The molecule has 1 aromatic rings. The van der Waals surface area contributed by atoms with Crippen molar-refractivity contribution in [2.45, 2.75) is 58.5 Å². The molecule has 6 heteroatoms. The first-order valence-electron chi connectivity index (χ1n) is 8.29. The van der Waals surface area contributed by atoms with E-state index in [0.717, 1.165) is 30.4 Å². The highest BCUT2D eigenvalue weighted by atomic mass is 35.5. The molecule has 4 N–H and O–H groups in total. The highest BCUT2D eigenvalue weighted by Gasteiger charge is 2.19. The van der Waals surface area contributed by atoms with Gasteiger partial charge in [0.15, 0.2) is 0 Å². The van der Waals surface area contributed by atoms with Gasteiger partial charge in [-0.15, -0.1) is 12.4 Å². The van der Waals surface area contributed by atoms with Crippen molar-refractivity contribution < 1.29 is 9.59 Å². The summed E-state index contributed by atoms with van der Waals surface area (Å²) in [4.78, 5) is 23.7. The van der Waals surface area contributed by atoms with Gasteiger partial charge in [0.1, 0.15) is 0 Å². The van der Waals surface area contributed by atoms with E-state index in [1.807, 2.05) is 31.2 Å². The van der Waals surface area contributed by atoms with Crippen LogP contribution in [-0.2, 0) is 9.59 Å². The molecule has 0 aliphatic carbocycles. The van der Waals surface area contributed by atoms with E-state index in [0.29, 0.717) is 6.54 Å². The standard InChI is InChI=1S/C18H29N3O2.ClH/c1-4-5-6-16(12-19)21-18(23)11-17(20-14(3)22)15-9-7-13(2)8-10-15;/h7-10,16-17H,4-6,11-12,19H2,1-3H3,(H,20,22)(H,21,23);1H. The van der Waals surface area contributed by atoms with Gasteiger partial charge in [-0.2, -0.15) is 0 Å². The number of benzene rings is 1. The Morgan fingerprint density at radius 2 is 1.79 bits per heavy atom. The van der Waals surface area contributed by atoms with Crippen molar-refractivity contribution in [3.63, 3.8) is 0 Å². The van der Waals surface area contributed by atoms with Crippen molar-refractivity contribution in [2.24, 2.45) is 5.73 Å². The van der Waals surface area contributed by atoms with Gasteiger partial charge in [0, 0.05) is 19.5 Å². The second-order valence-corrected chi connectivity index (χ2v) is 6.01.